The molecule has 1 saturated heterocycles. The fourth-order valence-corrected chi connectivity index (χ4v) is 3.65. The van der Waals surface area contributed by atoms with Gasteiger partial charge in [-0.2, -0.15) is 5.26 Å². The zero-order valence-corrected chi connectivity index (χ0v) is 13.1. The summed E-state index contributed by atoms with van der Waals surface area (Å²) in [5, 5.41) is 11.4. The molecule has 2 aromatic rings. The van der Waals surface area contributed by atoms with E-state index in [1.807, 2.05) is 24.3 Å². The third-order valence-corrected chi connectivity index (χ3v) is 4.85. The minimum atomic E-state index is -0.569. The number of anilines is 1. The van der Waals surface area contributed by atoms with Gasteiger partial charge >= 0.3 is 6.03 Å². The van der Waals surface area contributed by atoms with Crippen LogP contribution in [0.4, 0.5) is 10.5 Å². The van der Waals surface area contributed by atoms with E-state index in [-0.39, 0.29) is 17.9 Å². The van der Waals surface area contributed by atoms with Crippen molar-refractivity contribution in [1.29, 1.82) is 5.26 Å². The third kappa shape index (κ3) is 2.21. The number of rotatable bonds is 2. The largest absolute Gasteiger partial charge is 0.326 e. The molecular weight excluding hydrogens is 304 g/mol. The van der Waals surface area contributed by atoms with E-state index in [4.69, 9.17) is 0 Å². The SMILES string of the molecule is N#CC1CN(C2CCC(=O)C2)C(=O)N1c1cncc2ccccc12. The number of urea groups is 1. The van der Waals surface area contributed by atoms with Crippen molar-refractivity contribution in [2.75, 3.05) is 11.4 Å². The highest BCUT2D eigenvalue weighted by Crippen LogP contribution is 2.33. The average Bonchev–Trinajstić information content (AvgIpc) is 3.17. The Morgan fingerprint density at radius 2 is 2.04 bits per heavy atom. The van der Waals surface area contributed by atoms with E-state index in [1.54, 1.807) is 17.3 Å². The van der Waals surface area contributed by atoms with Gasteiger partial charge in [-0.3, -0.25) is 14.7 Å². The van der Waals surface area contributed by atoms with Crippen LogP contribution in [0.2, 0.25) is 0 Å². The van der Waals surface area contributed by atoms with E-state index in [1.165, 1.54) is 4.90 Å². The number of ketones is 1. The number of benzene rings is 1. The molecule has 1 aromatic heterocycles. The molecule has 1 aromatic carbocycles. The van der Waals surface area contributed by atoms with Crippen molar-refractivity contribution < 1.29 is 9.59 Å². The summed E-state index contributed by atoms with van der Waals surface area (Å²) in [6, 6.07) is 9.03. The molecule has 2 heterocycles. The second-order valence-corrected chi connectivity index (χ2v) is 6.26. The normalized spacial score (nSPS) is 24.0. The molecule has 2 aliphatic rings. The predicted molar refractivity (Wildman–Crippen MR) is 88.4 cm³/mol. The number of carbonyl (C=O) groups is 2. The Labute approximate surface area is 139 Å². The first-order valence-electron chi connectivity index (χ1n) is 8.03. The first-order valence-corrected chi connectivity index (χ1v) is 8.03. The van der Waals surface area contributed by atoms with Gasteiger partial charge in [0.15, 0.2) is 0 Å². The minimum Gasteiger partial charge on any atom is -0.318 e. The van der Waals surface area contributed by atoms with Crippen LogP contribution in [0.1, 0.15) is 19.3 Å². The molecule has 0 N–H and O–H groups in total. The number of amides is 2. The molecule has 1 aliphatic heterocycles. The van der Waals surface area contributed by atoms with Crippen LogP contribution in [0, 0.1) is 11.3 Å². The Hall–Kier alpha value is -2.94. The van der Waals surface area contributed by atoms with Crippen LogP contribution in [-0.2, 0) is 4.79 Å². The Morgan fingerprint density at radius 1 is 1.21 bits per heavy atom. The van der Waals surface area contributed by atoms with E-state index in [2.05, 4.69) is 11.1 Å². The van der Waals surface area contributed by atoms with Crippen LogP contribution in [-0.4, -0.2) is 40.3 Å². The highest BCUT2D eigenvalue weighted by molar-refractivity contribution is 6.05. The summed E-state index contributed by atoms with van der Waals surface area (Å²) in [6.07, 6.45) is 4.97. The number of Topliss-reactive ketones (excluding diaryl/α,β-unsaturated/α-hetero) is 1. The van der Waals surface area contributed by atoms with Crippen LogP contribution in [0.3, 0.4) is 0 Å². The van der Waals surface area contributed by atoms with Gasteiger partial charge < -0.3 is 4.90 Å². The highest BCUT2D eigenvalue weighted by atomic mass is 16.2. The fourth-order valence-electron chi connectivity index (χ4n) is 3.65. The maximum atomic E-state index is 13.0. The van der Waals surface area contributed by atoms with Gasteiger partial charge in [0.25, 0.3) is 0 Å². The van der Waals surface area contributed by atoms with Gasteiger partial charge in [-0.25, -0.2) is 4.79 Å². The van der Waals surface area contributed by atoms with E-state index in [9.17, 15) is 14.9 Å². The van der Waals surface area contributed by atoms with Gasteiger partial charge in [-0.15, -0.1) is 0 Å². The molecule has 2 amide bonds. The monoisotopic (exact) mass is 320 g/mol. The van der Waals surface area contributed by atoms with Crippen molar-refractivity contribution in [1.82, 2.24) is 9.88 Å². The van der Waals surface area contributed by atoms with E-state index < -0.39 is 6.04 Å². The molecule has 1 saturated carbocycles. The molecule has 0 bridgehead atoms. The molecule has 24 heavy (non-hydrogen) atoms. The van der Waals surface area contributed by atoms with Crippen molar-refractivity contribution in [3.05, 3.63) is 36.7 Å². The number of aromatic nitrogens is 1. The van der Waals surface area contributed by atoms with Crippen molar-refractivity contribution in [2.45, 2.75) is 31.3 Å². The number of nitriles is 1. The first kappa shape index (κ1) is 14.6. The first-order chi connectivity index (χ1) is 11.7. The molecule has 2 atom stereocenters. The molecule has 6 heteroatoms. The lowest BCUT2D eigenvalue weighted by atomic mass is 10.1. The number of pyridine rings is 1. The Bertz CT molecular complexity index is 867. The molecular formula is C18H16N4O2. The van der Waals surface area contributed by atoms with Crippen molar-refractivity contribution in [3.63, 3.8) is 0 Å². The lowest BCUT2D eigenvalue weighted by molar-refractivity contribution is -0.117. The molecule has 0 spiro atoms. The number of hydrogen-bond acceptors (Lipinski definition) is 4. The maximum Gasteiger partial charge on any atom is 0.326 e. The summed E-state index contributed by atoms with van der Waals surface area (Å²) in [7, 11) is 0. The number of carbonyl (C=O) groups excluding carboxylic acids is 2. The number of hydrogen-bond donors (Lipinski definition) is 0. The Kier molecular flexibility index (Phi) is 3.42. The van der Waals surface area contributed by atoms with Crippen LogP contribution < -0.4 is 4.90 Å². The summed E-state index contributed by atoms with van der Waals surface area (Å²) in [6.45, 7) is 0.330. The summed E-state index contributed by atoms with van der Waals surface area (Å²) in [5.74, 6) is 0.187. The summed E-state index contributed by atoms with van der Waals surface area (Å²) >= 11 is 0. The Morgan fingerprint density at radius 3 is 2.79 bits per heavy atom. The van der Waals surface area contributed by atoms with E-state index in [0.717, 1.165) is 10.8 Å². The molecule has 4 rings (SSSR count). The van der Waals surface area contributed by atoms with Gasteiger partial charge in [0.2, 0.25) is 0 Å². The van der Waals surface area contributed by atoms with Gasteiger partial charge in [0, 0.05) is 35.9 Å². The topological polar surface area (TPSA) is 77.3 Å². The molecule has 120 valence electrons. The fraction of sp³-hybridized carbons (Fsp3) is 0.333. The van der Waals surface area contributed by atoms with Crippen LogP contribution in [0.5, 0.6) is 0 Å². The minimum absolute atomic E-state index is 0.0891. The van der Waals surface area contributed by atoms with Crippen molar-refractivity contribution >= 4 is 28.3 Å². The smallest absolute Gasteiger partial charge is 0.318 e. The molecule has 2 fully saturated rings. The zero-order chi connectivity index (χ0) is 16.7. The van der Waals surface area contributed by atoms with Crippen LogP contribution in [0.25, 0.3) is 10.8 Å². The summed E-state index contributed by atoms with van der Waals surface area (Å²) in [5.41, 5.74) is 0.650. The Balaban J connectivity index is 1.75. The average molecular weight is 320 g/mol. The van der Waals surface area contributed by atoms with Crippen LogP contribution >= 0.6 is 0 Å². The van der Waals surface area contributed by atoms with Gasteiger partial charge in [0.1, 0.15) is 11.8 Å². The molecule has 6 nitrogen and oxygen atoms in total. The standard InChI is InChI=1S/C18H16N4O2/c19-8-14-11-21(13-5-6-15(23)7-13)18(24)22(14)17-10-20-9-12-3-1-2-4-16(12)17/h1-4,9-10,13-14H,5-7,11H2. The number of nitrogens with zero attached hydrogens (tertiary/aromatic N) is 4. The van der Waals surface area contributed by atoms with Crippen molar-refractivity contribution in [2.24, 2.45) is 0 Å². The van der Waals surface area contributed by atoms with E-state index >= 15 is 0 Å². The van der Waals surface area contributed by atoms with Gasteiger partial charge in [-0.1, -0.05) is 24.3 Å². The highest BCUT2D eigenvalue weighted by Gasteiger charge is 2.44. The van der Waals surface area contributed by atoms with Crippen molar-refractivity contribution in [3.8, 4) is 6.07 Å². The molecule has 2 unspecified atom stereocenters. The predicted octanol–water partition coefficient (Wildman–Crippen LogP) is 2.49. The second-order valence-electron chi connectivity index (χ2n) is 6.26. The van der Waals surface area contributed by atoms with Crippen LogP contribution in [0.15, 0.2) is 36.7 Å². The quantitative estimate of drug-likeness (QED) is 0.852. The third-order valence-electron chi connectivity index (χ3n) is 4.85. The van der Waals surface area contributed by atoms with E-state index in [0.29, 0.717) is 31.5 Å². The lowest BCUT2D eigenvalue weighted by Gasteiger charge is -2.24. The maximum absolute atomic E-state index is 13.0. The second kappa shape index (κ2) is 5.60. The lowest BCUT2D eigenvalue weighted by Crippen LogP contribution is -2.38. The zero-order valence-electron chi connectivity index (χ0n) is 13.1. The molecule has 0 radical (unpaired) electrons. The van der Waals surface area contributed by atoms with Gasteiger partial charge in [0.05, 0.1) is 24.5 Å². The summed E-state index contributed by atoms with van der Waals surface area (Å²) < 4.78 is 0. The number of fused-ring (bicyclic) bond motifs is 1. The summed E-state index contributed by atoms with van der Waals surface area (Å²) in [4.78, 5) is 32.0. The van der Waals surface area contributed by atoms with Gasteiger partial charge in [-0.05, 0) is 6.42 Å². The molecule has 1 aliphatic carbocycles.